The van der Waals surface area contributed by atoms with Crippen molar-refractivity contribution in [2.45, 2.75) is 62.9 Å². The predicted molar refractivity (Wildman–Crippen MR) is 128 cm³/mol. The molecule has 5 rings (SSSR count). The van der Waals surface area contributed by atoms with Crippen LogP contribution in [0.3, 0.4) is 0 Å². The largest absolute Gasteiger partial charge is 0.355 e. The first-order valence-electron chi connectivity index (χ1n) is 12.2. The molecule has 32 heavy (non-hydrogen) atoms. The Morgan fingerprint density at radius 2 is 1.81 bits per heavy atom. The van der Waals surface area contributed by atoms with Gasteiger partial charge in [-0.25, -0.2) is 0 Å². The summed E-state index contributed by atoms with van der Waals surface area (Å²) >= 11 is 1.65. The zero-order valence-corrected chi connectivity index (χ0v) is 19.5. The summed E-state index contributed by atoms with van der Waals surface area (Å²) in [5.41, 5.74) is 1.58. The van der Waals surface area contributed by atoms with Crippen LogP contribution in [0.25, 0.3) is 0 Å². The fourth-order valence-electron chi connectivity index (χ4n) is 5.81. The maximum atomic E-state index is 13.7. The van der Waals surface area contributed by atoms with Gasteiger partial charge in [0.25, 0.3) is 5.91 Å². The highest BCUT2D eigenvalue weighted by molar-refractivity contribution is 7.10. The van der Waals surface area contributed by atoms with Crippen LogP contribution in [0.5, 0.6) is 0 Å². The van der Waals surface area contributed by atoms with Gasteiger partial charge in [0.1, 0.15) is 0 Å². The average molecular weight is 452 g/mol. The molecule has 170 valence electrons. The van der Waals surface area contributed by atoms with Gasteiger partial charge >= 0.3 is 0 Å². The van der Waals surface area contributed by atoms with E-state index in [4.69, 9.17) is 0 Å². The van der Waals surface area contributed by atoms with Crippen LogP contribution < -0.4 is 5.32 Å². The van der Waals surface area contributed by atoms with Crippen molar-refractivity contribution in [2.24, 2.45) is 0 Å². The third-order valence-corrected chi connectivity index (χ3v) is 8.30. The molecule has 3 aliphatic rings. The van der Waals surface area contributed by atoms with Gasteiger partial charge in [0.15, 0.2) is 0 Å². The topological polar surface area (TPSA) is 52.7 Å². The number of hydrogen-bond donors (Lipinski definition) is 1. The summed E-state index contributed by atoms with van der Waals surface area (Å²) < 4.78 is 0. The van der Waals surface area contributed by atoms with E-state index < -0.39 is 0 Å². The lowest BCUT2D eigenvalue weighted by atomic mass is 9.80. The second kappa shape index (κ2) is 9.75. The highest BCUT2D eigenvalue weighted by atomic mass is 32.1. The van der Waals surface area contributed by atoms with Gasteiger partial charge in [-0.05, 0) is 74.8 Å². The number of hydrogen-bond acceptors (Lipinski definition) is 4. The van der Waals surface area contributed by atoms with E-state index in [-0.39, 0.29) is 29.8 Å². The molecule has 2 amide bonds. The molecule has 0 radical (unpaired) electrons. The first-order valence-corrected chi connectivity index (χ1v) is 13.1. The van der Waals surface area contributed by atoms with Gasteiger partial charge in [-0.3, -0.25) is 9.59 Å². The number of benzene rings is 1. The number of thiophene rings is 1. The maximum absolute atomic E-state index is 13.7. The molecule has 0 spiro atoms. The molecule has 1 saturated heterocycles. The van der Waals surface area contributed by atoms with Crippen molar-refractivity contribution in [3.8, 4) is 0 Å². The van der Waals surface area contributed by atoms with Gasteiger partial charge in [-0.15, -0.1) is 11.3 Å². The summed E-state index contributed by atoms with van der Waals surface area (Å²) in [5, 5.41) is 5.29. The lowest BCUT2D eigenvalue weighted by Gasteiger charge is -2.44. The Hall–Kier alpha value is -2.18. The lowest BCUT2D eigenvalue weighted by molar-refractivity contribution is -0.124. The second-order valence-corrected chi connectivity index (χ2v) is 10.3. The van der Waals surface area contributed by atoms with E-state index in [1.807, 2.05) is 30.3 Å². The van der Waals surface area contributed by atoms with Crippen LogP contribution in [0.15, 0.2) is 41.8 Å². The van der Waals surface area contributed by atoms with Gasteiger partial charge < -0.3 is 15.1 Å². The number of carbonyl (C=O) groups excluding carboxylic acids is 2. The van der Waals surface area contributed by atoms with Crippen LogP contribution in [0.4, 0.5) is 0 Å². The normalized spacial score (nSPS) is 24.1. The quantitative estimate of drug-likeness (QED) is 0.627. The maximum Gasteiger partial charge on any atom is 0.254 e. The molecule has 1 saturated carbocycles. The van der Waals surface area contributed by atoms with Crippen LogP contribution in [0.2, 0.25) is 0 Å². The minimum atomic E-state index is -0.366. The Labute approximate surface area is 194 Å². The molecule has 1 aromatic heterocycles. The summed E-state index contributed by atoms with van der Waals surface area (Å²) in [6.07, 6.45) is 7.91. The molecule has 5 nitrogen and oxygen atoms in total. The third kappa shape index (κ3) is 4.23. The number of rotatable bonds is 7. The molecule has 2 aliphatic heterocycles. The van der Waals surface area contributed by atoms with Gasteiger partial charge in [0.2, 0.25) is 5.91 Å². The highest BCUT2D eigenvalue weighted by Crippen LogP contribution is 2.47. The van der Waals surface area contributed by atoms with E-state index in [1.54, 1.807) is 11.3 Å². The molecule has 0 bridgehead atoms. The fraction of sp³-hybridized carbons (Fsp3) is 0.538. The zero-order chi connectivity index (χ0) is 21.9. The number of fused-ring (bicyclic) bond motifs is 1. The van der Waals surface area contributed by atoms with Crippen LogP contribution >= 0.6 is 11.3 Å². The Bertz CT molecular complexity index is 932. The van der Waals surface area contributed by atoms with E-state index in [0.29, 0.717) is 12.1 Å². The number of carbonyl (C=O) groups is 2. The number of likely N-dealkylation sites (tertiary alicyclic amines) is 1. The van der Waals surface area contributed by atoms with Crippen LogP contribution in [-0.2, 0) is 4.79 Å². The highest BCUT2D eigenvalue weighted by Gasteiger charge is 2.47. The van der Waals surface area contributed by atoms with Crippen LogP contribution in [-0.4, -0.2) is 53.8 Å². The zero-order valence-electron chi connectivity index (χ0n) is 18.7. The van der Waals surface area contributed by atoms with Crippen molar-refractivity contribution < 1.29 is 9.59 Å². The van der Waals surface area contributed by atoms with Crippen molar-refractivity contribution >= 4 is 23.2 Å². The van der Waals surface area contributed by atoms with Gasteiger partial charge in [-0.1, -0.05) is 37.1 Å². The van der Waals surface area contributed by atoms with Gasteiger partial charge in [-0.2, -0.15) is 0 Å². The standard InChI is InChI=1S/C26H33N3O2S/c30-25(27-14-8-17-28-15-5-6-16-28)23-20-11-3-4-12-21(20)26(31)29(19-9-1-2-10-19)24(23)22-13-7-18-32-22/h3-4,7,11-13,18-19,23-24H,1-2,5-6,8-10,14-17H2,(H,27,30). The van der Waals surface area contributed by atoms with Gasteiger partial charge in [0, 0.05) is 23.0 Å². The van der Waals surface area contributed by atoms with E-state index in [2.05, 4.69) is 26.6 Å². The van der Waals surface area contributed by atoms with Crippen molar-refractivity contribution in [3.63, 3.8) is 0 Å². The smallest absolute Gasteiger partial charge is 0.254 e. The predicted octanol–water partition coefficient (Wildman–Crippen LogP) is 4.57. The average Bonchev–Trinajstić information content (AvgIpc) is 3.60. The number of nitrogens with zero attached hydrogens (tertiary/aromatic N) is 2. The monoisotopic (exact) mass is 451 g/mol. The SMILES string of the molecule is O=C(NCCCN1CCCC1)C1c2ccccc2C(=O)N(C2CCCC2)C1c1cccs1. The molecule has 6 heteroatoms. The molecule has 1 aliphatic carbocycles. The molecule has 3 heterocycles. The lowest BCUT2D eigenvalue weighted by Crippen LogP contribution is -2.50. The molecule has 1 N–H and O–H groups in total. The van der Waals surface area contributed by atoms with Crippen LogP contribution in [0.1, 0.15) is 77.7 Å². The Kier molecular flexibility index (Phi) is 6.60. The van der Waals surface area contributed by atoms with Crippen molar-refractivity contribution in [2.75, 3.05) is 26.2 Å². The molecule has 2 fully saturated rings. The third-order valence-electron chi connectivity index (χ3n) is 7.36. The Morgan fingerprint density at radius 1 is 1.03 bits per heavy atom. The van der Waals surface area contributed by atoms with Crippen molar-refractivity contribution in [1.29, 1.82) is 0 Å². The molecule has 2 atom stereocenters. The molecule has 1 aromatic carbocycles. The Balaban J connectivity index is 1.42. The van der Waals surface area contributed by atoms with Crippen molar-refractivity contribution in [1.82, 2.24) is 15.1 Å². The Morgan fingerprint density at radius 3 is 2.56 bits per heavy atom. The second-order valence-electron chi connectivity index (χ2n) is 9.37. The summed E-state index contributed by atoms with van der Waals surface area (Å²) in [6.45, 7) is 4.09. The summed E-state index contributed by atoms with van der Waals surface area (Å²) in [6, 6.07) is 11.9. The first kappa shape index (κ1) is 21.7. The molecule has 2 aromatic rings. The van der Waals surface area contributed by atoms with E-state index >= 15 is 0 Å². The molecule has 2 unspecified atom stereocenters. The minimum Gasteiger partial charge on any atom is -0.355 e. The summed E-state index contributed by atoms with van der Waals surface area (Å²) in [4.78, 5) is 33.0. The summed E-state index contributed by atoms with van der Waals surface area (Å²) in [7, 11) is 0. The van der Waals surface area contributed by atoms with E-state index in [0.717, 1.165) is 49.1 Å². The van der Waals surface area contributed by atoms with Crippen LogP contribution in [0, 0.1) is 0 Å². The summed E-state index contributed by atoms with van der Waals surface area (Å²) in [5.74, 6) is -0.230. The number of amides is 2. The number of nitrogens with one attached hydrogen (secondary N) is 1. The van der Waals surface area contributed by atoms with E-state index in [9.17, 15) is 9.59 Å². The fourth-order valence-corrected chi connectivity index (χ4v) is 6.67. The van der Waals surface area contributed by atoms with E-state index in [1.165, 1.54) is 25.9 Å². The molecular formula is C26H33N3O2S. The van der Waals surface area contributed by atoms with Crippen molar-refractivity contribution in [3.05, 3.63) is 57.8 Å². The molecular weight excluding hydrogens is 418 g/mol. The first-order chi connectivity index (χ1) is 15.7. The van der Waals surface area contributed by atoms with Gasteiger partial charge in [0.05, 0.1) is 12.0 Å². The minimum absolute atomic E-state index is 0.0489.